The van der Waals surface area contributed by atoms with Crippen LogP contribution in [0, 0.1) is 0 Å². The first-order valence-electron chi connectivity index (χ1n) is 6.21. The molecule has 2 aromatic carbocycles. The van der Waals surface area contributed by atoms with Gasteiger partial charge in [0.1, 0.15) is 5.75 Å². The molecule has 100 valence electrons. The minimum Gasteiger partial charge on any atom is -0.508 e. The molecular formula is C15H13N3O2. The molecule has 1 aromatic heterocycles. The maximum absolute atomic E-state index is 12.1. The second-order valence-corrected chi connectivity index (χ2v) is 4.52. The molecule has 0 aliphatic carbocycles. The molecule has 3 rings (SSSR count). The number of aromatic amines is 1. The molecule has 3 aromatic rings. The van der Waals surface area contributed by atoms with Gasteiger partial charge in [-0.3, -0.25) is 9.89 Å². The minimum atomic E-state index is -0.162. The number of rotatable bonds is 3. The van der Waals surface area contributed by atoms with Crippen LogP contribution in [0.1, 0.15) is 15.9 Å². The van der Waals surface area contributed by atoms with Crippen LogP contribution in [0.5, 0.6) is 5.75 Å². The van der Waals surface area contributed by atoms with Gasteiger partial charge < -0.3 is 10.4 Å². The zero-order valence-electron chi connectivity index (χ0n) is 10.6. The molecule has 5 nitrogen and oxygen atoms in total. The summed E-state index contributed by atoms with van der Waals surface area (Å²) in [5.74, 6) is 0.0282. The molecule has 5 heteroatoms. The van der Waals surface area contributed by atoms with Gasteiger partial charge in [0.05, 0.1) is 11.7 Å². The standard InChI is InChI=1S/C15H13N3O2/c19-13-3-1-2-10(6-13)8-16-15(20)11-4-5-12-9-17-18-14(12)7-11/h1-7,9,19H,8H2,(H,16,20)(H,17,18). The second-order valence-electron chi connectivity index (χ2n) is 4.52. The molecule has 3 N–H and O–H groups in total. The lowest BCUT2D eigenvalue weighted by Crippen LogP contribution is -2.22. The largest absolute Gasteiger partial charge is 0.508 e. The van der Waals surface area contributed by atoms with E-state index in [1.54, 1.807) is 36.5 Å². The highest BCUT2D eigenvalue weighted by Crippen LogP contribution is 2.13. The van der Waals surface area contributed by atoms with Gasteiger partial charge in [-0.2, -0.15) is 5.10 Å². The van der Waals surface area contributed by atoms with Crippen molar-refractivity contribution in [2.24, 2.45) is 0 Å². The number of fused-ring (bicyclic) bond motifs is 1. The molecule has 1 amide bonds. The fourth-order valence-electron chi connectivity index (χ4n) is 2.03. The SMILES string of the molecule is O=C(NCc1cccc(O)c1)c1ccc2cn[nH]c2c1. The Labute approximate surface area is 115 Å². The summed E-state index contributed by atoms with van der Waals surface area (Å²) >= 11 is 0. The number of hydrogen-bond acceptors (Lipinski definition) is 3. The number of carbonyl (C=O) groups excluding carboxylic acids is 1. The Bertz CT molecular complexity index is 764. The van der Waals surface area contributed by atoms with Gasteiger partial charge in [-0.1, -0.05) is 18.2 Å². The highest BCUT2D eigenvalue weighted by molar-refractivity contribution is 5.97. The number of nitrogens with zero attached hydrogens (tertiary/aromatic N) is 1. The minimum absolute atomic E-state index is 0.162. The summed E-state index contributed by atoms with van der Waals surface area (Å²) in [6.07, 6.45) is 1.71. The first-order valence-corrected chi connectivity index (χ1v) is 6.21. The predicted octanol–water partition coefficient (Wildman–Crippen LogP) is 2.20. The van der Waals surface area contributed by atoms with Gasteiger partial charge in [0.25, 0.3) is 5.91 Å². The maximum atomic E-state index is 12.1. The lowest BCUT2D eigenvalue weighted by atomic mass is 10.1. The van der Waals surface area contributed by atoms with Gasteiger partial charge >= 0.3 is 0 Å². The molecule has 0 aliphatic rings. The van der Waals surface area contributed by atoms with E-state index in [0.29, 0.717) is 12.1 Å². The van der Waals surface area contributed by atoms with E-state index in [4.69, 9.17) is 0 Å². The lowest BCUT2D eigenvalue weighted by Gasteiger charge is -2.06. The Balaban J connectivity index is 1.72. The molecule has 0 unspecified atom stereocenters. The molecule has 0 saturated carbocycles. The van der Waals surface area contributed by atoms with Crippen LogP contribution < -0.4 is 5.32 Å². The average molecular weight is 267 g/mol. The van der Waals surface area contributed by atoms with E-state index in [9.17, 15) is 9.90 Å². The summed E-state index contributed by atoms with van der Waals surface area (Å²) in [6.45, 7) is 0.369. The van der Waals surface area contributed by atoms with Crippen LogP contribution in [0.25, 0.3) is 10.9 Å². The molecule has 0 saturated heterocycles. The van der Waals surface area contributed by atoms with Crippen LogP contribution in [-0.4, -0.2) is 21.2 Å². The number of nitrogens with one attached hydrogen (secondary N) is 2. The Morgan fingerprint density at radius 1 is 1.25 bits per heavy atom. The smallest absolute Gasteiger partial charge is 0.251 e. The Morgan fingerprint density at radius 2 is 2.15 bits per heavy atom. The van der Waals surface area contributed by atoms with E-state index in [1.165, 1.54) is 0 Å². The van der Waals surface area contributed by atoms with E-state index in [-0.39, 0.29) is 11.7 Å². The number of phenols is 1. The molecule has 0 atom stereocenters. The Morgan fingerprint density at radius 3 is 3.00 bits per heavy atom. The summed E-state index contributed by atoms with van der Waals surface area (Å²) in [4.78, 5) is 12.1. The van der Waals surface area contributed by atoms with Crippen LogP contribution in [0.3, 0.4) is 0 Å². The van der Waals surface area contributed by atoms with Crippen molar-refractivity contribution in [1.29, 1.82) is 0 Å². The number of hydrogen-bond donors (Lipinski definition) is 3. The second kappa shape index (κ2) is 5.05. The van der Waals surface area contributed by atoms with Gasteiger partial charge in [-0.15, -0.1) is 0 Å². The first-order chi connectivity index (χ1) is 9.72. The molecule has 0 fully saturated rings. The van der Waals surface area contributed by atoms with Crippen LogP contribution >= 0.6 is 0 Å². The summed E-state index contributed by atoms with van der Waals surface area (Å²) in [5.41, 5.74) is 2.25. The lowest BCUT2D eigenvalue weighted by molar-refractivity contribution is 0.0951. The van der Waals surface area contributed by atoms with E-state index >= 15 is 0 Å². The summed E-state index contributed by atoms with van der Waals surface area (Å²) in [6, 6.07) is 12.2. The molecule has 0 spiro atoms. The van der Waals surface area contributed by atoms with Gasteiger partial charge in [0.15, 0.2) is 0 Å². The third-order valence-electron chi connectivity index (χ3n) is 3.07. The normalized spacial score (nSPS) is 10.6. The highest BCUT2D eigenvalue weighted by Gasteiger charge is 2.07. The van der Waals surface area contributed by atoms with Crippen molar-refractivity contribution in [1.82, 2.24) is 15.5 Å². The van der Waals surface area contributed by atoms with E-state index in [2.05, 4.69) is 15.5 Å². The number of amides is 1. The maximum Gasteiger partial charge on any atom is 0.251 e. The zero-order valence-corrected chi connectivity index (χ0v) is 10.6. The number of benzene rings is 2. The van der Waals surface area contributed by atoms with Crippen molar-refractivity contribution in [3.8, 4) is 5.75 Å². The number of H-pyrrole nitrogens is 1. The first kappa shape index (κ1) is 12.2. The predicted molar refractivity (Wildman–Crippen MR) is 75.4 cm³/mol. The quantitative estimate of drug-likeness (QED) is 0.680. The number of aromatic hydroxyl groups is 1. The van der Waals surface area contributed by atoms with E-state index in [1.807, 2.05) is 12.1 Å². The van der Waals surface area contributed by atoms with Crippen molar-refractivity contribution in [3.05, 3.63) is 59.8 Å². The summed E-state index contributed by atoms with van der Waals surface area (Å²) in [5, 5.41) is 19.9. The number of carbonyl (C=O) groups is 1. The third-order valence-corrected chi connectivity index (χ3v) is 3.07. The van der Waals surface area contributed by atoms with E-state index in [0.717, 1.165) is 16.5 Å². The monoisotopic (exact) mass is 267 g/mol. The van der Waals surface area contributed by atoms with Gasteiger partial charge in [-0.05, 0) is 29.8 Å². The molecule has 0 aliphatic heterocycles. The van der Waals surface area contributed by atoms with Crippen molar-refractivity contribution in [2.75, 3.05) is 0 Å². The topological polar surface area (TPSA) is 78.0 Å². The summed E-state index contributed by atoms with van der Waals surface area (Å²) < 4.78 is 0. The van der Waals surface area contributed by atoms with E-state index < -0.39 is 0 Å². The molecule has 1 heterocycles. The van der Waals surface area contributed by atoms with Crippen LogP contribution in [0.4, 0.5) is 0 Å². The van der Waals surface area contributed by atoms with Crippen LogP contribution in [-0.2, 0) is 6.54 Å². The highest BCUT2D eigenvalue weighted by atomic mass is 16.3. The fraction of sp³-hybridized carbons (Fsp3) is 0.0667. The van der Waals surface area contributed by atoms with Crippen LogP contribution in [0.15, 0.2) is 48.7 Å². The number of aromatic nitrogens is 2. The molecule has 20 heavy (non-hydrogen) atoms. The van der Waals surface area contributed by atoms with Crippen LogP contribution in [0.2, 0.25) is 0 Å². The molecular weight excluding hydrogens is 254 g/mol. The van der Waals surface area contributed by atoms with Gasteiger partial charge in [-0.25, -0.2) is 0 Å². The average Bonchev–Trinajstić information content (AvgIpc) is 2.92. The van der Waals surface area contributed by atoms with Crippen molar-refractivity contribution in [3.63, 3.8) is 0 Å². The third kappa shape index (κ3) is 2.47. The molecule has 0 bridgehead atoms. The van der Waals surface area contributed by atoms with Gasteiger partial charge in [0, 0.05) is 17.5 Å². The van der Waals surface area contributed by atoms with Crippen molar-refractivity contribution < 1.29 is 9.90 Å². The van der Waals surface area contributed by atoms with Crippen molar-refractivity contribution >= 4 is 16.8 Å². The van der Waals surface area contributed by atoms with Gasteiger partial charge in [0.2, 0.25) is 0 Å². The van der Waals surface area contributed by atoms with Crippen molar-refractivity contribution in [2.45, 2.75) is 6.54 Å². The Hall–Kier alpha value is -2.82. The Kier molecular flexibility index (Phi) is 3.09. The molecule has 0 radical (unpaired) electrons. The fourth-order valence-corrected chi connectivity index (χ4v) is 2.03. The zero-order chi connectivity index (χ0) is 13.9. The summed E-state index contributed by atoms with van der Waals surface area (Å²) in [7, 11) is 0. The number of phenolic OH excluding ortho intramolecular Hbond substituents is 1.